The molecule has 104 valence electrons. The van der Waals surface area contributed by atoms with E-state index in [4.69, 9.17) is 0 Å². The molecule has 0 saturated heterocycles. The maximum absolute atomic E-state index is 12.4. The van der Waals surface area contributed by atoms with Crippen molar-refractivity contribution in [2.75, 3.05) is 0 Å². The predicted octanol–water partition coefficient (Wildman–Crippen LogP) is 1.78. The summed E-state index contributed by atoms with van der Waals surface area (Å²) in [7, 11) is 0. The summed E-state index contributed by atoms with van der Waals surface area (Å²) < 4.78 is 0. The van der Waals surface area contributed by atoms with Crippen molar-refractivity contribution in [1.29, 1.82) is 0 Å². The fraction of sp³-hybridized carbons (Fsp3) is 0. The van der Waals surface area contributed by atoms with Crippen molar-refractivity contribution < 1.29 is 24.7 Å². The van der Waals surface area contributed by atoms with Gasteiger partial charge in [-0.1, -0.05) is 24.3 Å². The van der Waals surface area contributed by atoms with Crippen LogP contribution in [-0.2, 0) is 0 Å². The van der Waals surface area contributed by atoms with Gasteiger partial charge in [0.05, 0.1) is 4.92 Å². The predicted molar refractivity (Wildman–Crippen MR) is 69.7 cm³/mol. The van der Waals surface area contributed by atoms with Crippen molar-refractivity contribution in [3.63, 3.8) is 0 Å². The molecule has 1 aliphatic carbocycles. The van der Waals surface area contributed by atoms with Crippen molar-refractivity contribution >= 4 is 17.3 Å². The van der Waals surface area contributed by atoms with Crippen molar-refractivity contribution in [3.05, 3.63) is 62.7 Å². The molecular weight excluding hydrogens is 278 g/mol. The van der Waals surface area contributed by atoms with E-state index in [1.165, 1.54) is 18.2 Å². The van der Waals surface area contributed by atoms with Crippen LogP contribution in [0.3, 0.4) is 0 Å². The molecule has 0 unspecified atom stereocenters. The molecule has 0 heterocycles. The molecule has 7 nitrogen and oxygen atoms in total. The Hall–Kier alpha value is -3.22. The average molecular weight is 285 g/mol. The second-order valence-corrected chi connectivity index (χ2v) is 4.48. The molecule has 7 heteroatoms. The third-order valence-corrected chi connectivity index (χ3v) is 3.32. The zero-order valence-electron chi connectivity index (χ0n) is 10.4. The molecule has 2 aromatic rings. The number of fused-ring (bicyclic) bond motifs is 2. The summed E-state index contributed by atoms with van der Waals surface area (Å²) in [5.41, 5.74) is -1.62. The molecule has 2 N–H and O–H groups in total. The first-order chi connectivity index (χ1) is 9.93. The first kappa shape index (κ1) is 12.8. The number of rotatable bonds is 1. The standard InChI is InChI=1S/C14H7NO6/c16-9-5-8-10(11(14(9)19)15(20)21)13(18)7-4-2-1-3-6(7)12(8)17/h1-5,16,19H. The minimum Gasteiger partial charge on any atom is -0.504 e. The highest BCUT2D eigenvalue weighted by atomic mass is 16.6. The summed E-state index contributed by atoms with van der Waals surface area (Å²) in [6.07, 6.45) is 0. The Kier molecular flexibility index (Phi) is 2.52. The highest BCUT2D eigenvalue weighted by Crippen LogP contribution is 2.43. The van der Waals surface area contributed by atoms with Gasteiger partial charge in [0, 0.05) is 16.7 Å². The lowest BCUT2D eigenvalue weighted by Gasteiger charge is -2.17. The molecule has 2 aromatic carbocycles. The van der Waals surface area contributed by atoms with Crippen LogP contribution >= 0.6 is 0 Å². The Balaban J connectivity index is 2.43. The lowest BCUT2D eigenvalue weighted by atomic mass is 9.83. The fourth-order valence-electron chi connectivity index (χ4n) is 2.39. The van der Waals surface area contributed by atoms with Crippen LogP contribution in [0.25, 0.3) is 0 Å². The molecule has 0 aromatic heterocycles. The molecule has 0 aliphatic heterocycles. The summed E-state index contributed by atoms with van der Waals surface area (Å²) in [6.45, 7) is 0. The van der Waals surface area contributed by atoms with Crippen LogP contribution in [-0.4, -0.2) is 26.7 Å². The number of phenols is 2. The van der Waals surface area contributed by atoms with Crippen LogP contribution in [0, 0.1) is 10.1 Å². The second-order valence-electron chi connectivity index (χ2n) is 4.48. The first-order valence-electron chi connectivity index (χ1n) is 5.85. The number of carbonyl (C=O) groups excluding carboxylic acids is 2. The number of benzene rings is 2. The van der Waals surface area contributed by atoms with E-state index in [0.29, 0.717) is 0 Å². The van der Waals surface area contributed by atoms with Crippen LogP contribution < -0.4 is 0 Å². The van der Waals surface area contributed by atoms with E-state index >= 15 is 0 Å². The van der Waals surface area contributed by atoms with Gasteiger partial charge in [-0.25, -0.2) is 0 Å². The van der Waals surface area contributed by atoms with Crippen LogP contribution in [0.15, 0.2) is 30.3 Å². The molecule has 0 amide bonds. The zero-order chi connectivity index (χ0) is 15.3. The van der Waals surface area contributed by atoms with E-state index < -0.39 is 39.2 Å². The van der Waals surface area contributed by atoms with Crippen LogP contribution in [0.2, 0.25) is 0 Å². The Labute approximate surface area is 117 Å². The fourth-order valence-corrected chi connectivity index (χ4v) is 2.39. The lowest BCUT2D eigenvalue weighted by Crippen LogP contribution is -2.22. The van der Waals surface area contributed by atoms with Crippen molar-refractivity contribution in [1.82, 2.24) is 0 Å². The minimum absolute atomic E-state index is 0.0307. The van der Waals surface area contributed by atoms with Gasteiger partial charge >= 0.3 is 5.69 Å². The van der Waals surface area contributed by atoms with Gasteiger partial charge in [0.25, 0.3) is 0 Å². The molecule has 1 aliphatic rings. The number of aromatic hydroxyl groups is 2. The number of hydrogen-bond donors (Lipinski definition) is 2. The molecule has 0 atom stereocenters. The van der Waals surface area contributed by atoms with Gasteiger partial charge in [-0.2, -0.15) is 0 Å². The average Bonchev–Trinajstić information content (AvgIpc) is 2.46. The van der Waals surface area contributed by atoms with Gasteiger partial charge in [0.2, 0.25) is 11.5 Å². The van der Waals surface area contributed by atoms with Crippen LogP contribution in [0.4, 0.5) is 5.69 Å². The Morgan fingerprint density at radius 2 is 1.52 bits per heavy atom. The summed E-state index contributed by atoms with van der Waals surface area (Å²) >= 11 is 0. The summed E-state index contributed by atoms with van der Waals surface area (Å²) in [5.74, 6) is -3.19. The maximum atomic E-state index is 12.4. The number of nitro benzene ring substituents is 1. The van der Waals surface area contributed by atoms with Gasteiger partial charge in [-0.15, -0.1) is 0 Å². The smallest absolute Gasteiger partial charge is 0.326 e. The first-order valence-corrected chi connectivity index (χ1v) is 5.85. The number of phenolic OH excluding ortho intramolecular Hbond substituents is 2. The highest BCUT2D eigenvalue weighted by molar-refractivity contribution is 6.30. The topological polar surface area (TPSA) is 118 Å². The number of carbonyl (C=O) groups is 2. The van der Waals surface area contributed by atoms with Gasteiger partial charge in [-0.3, -0.25) is 19.7 Å². The SMILES string of the molecule is O=C1c2ccccc2C(=O)c2c1cc(O)c(O)c2[N+](=O)[O-]. The highest BCUT2D eigenvalue weighted by Gasteiger charge is 2.39. The molecule has 0 bridgehead atoms. The quantitative estimate of drug-likeness (QED) is 0.399. The summed E-state index contributed by atoms with van der Waals surface area (Å²) in [4.78, 5) is 34.8. The Morgan fingerprint density at radius 3 is 2.10 bits per heavy atom. The minimum atomic E-state index is -1.03. The second kappa shape index (κ2) is 4.14. The summed E-state index contributed by atoms with van der Waals surface area (Å²) in [6, 6.07) is 6.76. The van der Waals surface area contributed by atoms with Crippen molar-refractivity contribution in [3.8, 4) is 11.5 Å². The zero-order valence-corrected chi connectivity index (χ0v) is 10.4. The van der Waals surface area contributed by atoms with E-state index in [-0.39, 0.29) is 16.7 Å². The third kappa shape index (κ3) is 1.61. The largest absolute Gasteiger partial charge is 0.504 e. The van der Waals surface area contributed by atoms with Gasteiger partial charge in [0.15, 0.2) is 11.5 Å². The van der Waals surface area contributed by atoms with E-state index in [0.717, 1.165) is 6.07 Å². The van der Waals surface area contributed by atoms with Gasteiger partial charge in [0.1, 0.15) is 5.56 Å². The molecule has 0 radical (unpaired) electrons. The third-order valence-electron chi connectivity index (χ3n) is 3.32. The van der Waals surface area contributed by atoms with E-state index in [1.54, 1.807) is 6.07 Å². The van der Waals surface area contributed by atoms with Crippen LogP contribution in [0.1, 0.15) is 31.8 Å². The molecule has 0 saturated carbocycles. The summed E-state index contributed by atoms with van der Waals surface area (Å²) in [5, 5.41) is 30.2. The number of ketones is 2. The van der Waals surface area contributed by atoms with Gasteiger partial charge in [-0.05, 0) is 6.07 Å². The van der Waals surface area contributed by atoms with E-state index in [9.17, 15) is 29.9 Å². The van der Waals surface area contributed by atoms with Crippen LogP contribution in [0.5, 0.6) is 11.5 Å². The molecular formula is C14H7NO6. The van der Waals surface area contributed by atoms with Crippen molar-refractivity contribution in [2.24, 2.45) is 0 Å². The molecule has 3 rings (SSSR count). The number of hydrogen-bond acceptors (Lipinski definition) is 6. The maximum Gasteiger partial charge on any atom is 0.326 e. The molecule has 21 heavy (non-hydrogen) atoms. The lowest BCUT2D eigenvalue weighted by molar-refractivity contribution is -0.386. The van der Waals surface area contributed by atoms with E-state index in [2.05, 4.69) is 0 Å². The molecule has 0 fully saturated rings. The molecule has 0 spiro atoms. The Morgan fingerprint density at radius 1 is 0.952 bits per heavy atom. The number of nitrogens with zero attached hydrogens (tertiary/aromatic N) is 1. The normalized spacial score (nSPS) is 12.8. The van der Waals surface area contributed by atoms with E-state index in [1.807, 2.05) is 0 Å². The Bertz CT molecular complexity index is 840. The number of nitro groups is 1. The monoisotopic (exact) mass is 285 g/mol. The van der Waals surface area contributed by atoms with Gasteiger partial charge < -0.3 is 10.2 Å². The van der Waals surface area contributed by atoms with Crippen molar-refractivity contribution in [2.45, 2.75) is 0 Å².